The molecule has 0 saturated heterocycles. The van der Waals surface area contributed by atoms with Gasteiger partial charge < -0.3 is 4.57 Å². The number of nitrogens with zero attached hydrogens (tertiary/aromatic N) is 4. The summed E-state index contributed by atoms with van der Waals surface area (Å²) in [5.74, 6) is 0. The highest BCUT2D eigenvalue weighted by atomic mass is 32.1. The lowest BCUT2D eigenvalue weighted by molar-refractivity contribution is 1.18. The number of hydrogen-bond donors (Lipinski definition) is 0. The van der Waals surface area contributed by atoms with E-state index in [9.17, 15) is 15.8 Å². The van der Waals surface area contributed by atoms with Gasteiger partial charge in [0.25, 0.3) is 0 Å². The highest BCUT2D eigenvalue weighted by Crippen LogP contribution is 2.40. The van der Waals surface area contributed by atoms with E-state index < -0.39 is 0 Å². The predicted molar refractivity (Wildman–Crippen MR) is 179 cm³/mol. The molecule has 0 radical (unpaired) electrons. The quantitative estimate of drug-likeness (QED) is 0.210. The van der Waals surface area contributed by atoms with Crippen LogP contribution in [0.1, 0.15) is 16.7 Å². The van der Waals surface area contributed by atoms with Crippen LogP contribution in [0.5, 0.6) is 0 Å². The number of fused-ring (bicyclic) bond motifs is 6. The summed E-state index contributed by atoms with van der Waals surface area (Å²) in [5.41, 5.74) is 8.67. The molecule has 8 aromatic rings. The van der Waals surface area contributed by atoms with E-state index in [1.807, 2.05) is 60.7 Å². The third-order valence-corrected chi connectivity index (χ3v) is 9.39. The molecule has 44 heavy (non-hydrogen) atoms. The largest absolute Gasteiger partial charge is 0.309 e. The molecular weight excluding hydrogens is 557 g/mol. The Hall–Kier alpha value is -6.19. The average Bonchev–Trinajstić information content (AvgIpc) is 3.62. The first-order chi connectivity index (χ1) is 21.6. The molecule has 5 heteroatoms. The number of nitriles is 3. The van der Waals surface area contributed by atoms with Gasteiger partial charge in [0.05, 0.1) is 45.9 Å². The van der Waals surface area contributed by atoms with Crippen LogP contribution in [-0.4, -0.2) is 4.57 Å². The maximum atomic E-state index is 9.66. The number of thiophene rings is 1. The Morgan fingerprint density at radius 2 is 1.05 bits per heavy atom. The molecule has 0 amide bonds. The van der Waals surface area contributed by atoms with Gasteiger partial charge in [0.15, 0.2) is 0 Å². The fourth-order valence-corrected chi connectivity index (χ4v) is 7.27. The minimum atomic E-state index is 0.568. The van der Waals surface area contributed by atoms with Gasteiger partial charge in [0.2, 0.25) is 0 Å². The Morgan fingerprint density at radius 3 is 1.73 bits per heavy atom. The maximum absolute atomic E-state index is 9.66. The first kappa shape index (κ1) is 25.5. The SMILES string of the molecule is N#Cc1cccc(-c2cc(-c3ccc4sc5ccccc5c4c3)cc(-n3c4ccc(C#N)cc4c4cc(C#N)ccc43)c2)c1. The van der Waals surface area contributed by atoms with Crippen LogP contribution < -0.4 is 0 Å². The number of hydrogen-bond acceptors (Lipinski definition) is 4. The fraction of sp³-hybridized carbons (Fsp3) is 0. The van der Waals surface area contributed by atoms with Crippen molar-refractivity contribution in [1.82, 2.24) is 4.57 Å². The summed E-state index contributed by atoms with van der Waals surface area (Å²) in [5, 5.41) is 33.3. The summed E-state index contributed by atoms with van der Waals surface area (Å²) >= 11 is 1.80. The summed E-state index contributed by atoms with van der Waals surface area (Å²) in [6, 6.07) is 47.6. The molecule has 0 N–H and O–H groups in total. The lowest BCUT2D eigenvalue weighted by atomic mass is 9.96. The third-order valence-electron chi connectivity index (χ3n) is 8.23. The molecule has 6 aromatic carbocycles. The zero-order valence-electron chi connectivity index (χ0n) is 23.2. The van der Waals surface area contributed by atoms with E-state index in [-0.39, 0.29) is 0 Å². The van der Waals surface area contributed by atoms with Crippen LogP contribution in [0.25, 0.3) is 69.9 Å². The van der Waals surface area contributed by atoms with Crippen molar-refractivity contribution in [3.05, 3.63) is 138 Å². The normalized spacial score (nSPS) is 11.1. The molecule has 0 atom stereocenters. The third kappa shape index (κ3) is 4.03. The Bertz CT molecular complexity index is 2530. The molecule has 8 rings (SSSR count). The maximum Gasteiger partial charge on any atom is 0.0991 e. The highest BCUT2D eigenvalue weighted by Gasteiger charge is 2.17. The topological polar surface area (TPSA) is 76.3 Å². The Labute approximate surface area is 257 Å². The lowest BCUT2D eigenvalue weighted by Gasteiger charge is -2.14. The molecule has 0 aliphatic carbocycles. The van der Waals surface area contributed by atoms with Crippen LogP contribution in [0.4, 0.5) is 0 Å². The standard InChI is InChI=1S/C39H20N4S/c40-21-24-4-3-5-27(14-24)29-17-30(28-10-13-39-35(20-28)32-6-1-2-7-38(32)44-39)19-31(18-29)43-36-11-8-25(22-41)15-33(36)34-16-26(23-42)9-12-37(34)43/h1-20H. The summed E-state index contributed by atoms with van der Waals surface area (Å²) in [6.07, 6.45) is 0. The molecule has 0 aliphatic heterocycles. The van der Waals surface area contributed by atoms with E-state index in [4.69, 9.17) is 0 Å². The van der Waals surface area contributed by atoms with Crippen LogP contribution in [-0.2, 0) is 0 Å². The van der Waals surface area contributed by atoms with Crippen LogP contribution in [0, 0.1) is 34.0 Å². The summed E-state index contributed by atoms with van der Waals surface area (Å²) in [4.78, 5) is 0. The second kappa shape index (κ2) is 9.97. The van der Waals surface area contributed by atoms with E-state index in [1.165, 1.54) is 20.2 Å². The van der Waals surface area contributed by atoms with E-state index in [0.29, 0.717) is 16.7 Å². The van der Waals surface area contributed by atoms with Crippen molar-refractivity contribution in [2.45, 2.75) is 0 Å². The molecular formula is C39H20N4S. The van der Waals surface area contributed by atoms with Crippen molar-refractivity contribution in [3.63, 3.8) is 0 Å². The van der Waals surface area contributed by atoms with Gasteiger partial charge in [-0.2, -0.15) is 15.8 Å². The van der Waals surface area contributed by atoms with Gasteiger partial charge in [-0.25, -0.2) is 0 Å². The minimum absolute atomic E-state index is 0.568. The van der Waals surface area contributed by atoms with Crippen LogP contribution in [0.15, 0.2) is 121 Å². The van der Waals surface area contributed by atoms with E-state index in [1.54, 1.807) is 11.3 Å². The van der Waals surface area contributed by atoms with Gasteiger partial charge in [-0.1, -0.05) is 36.4 Å². The zero-order chi connectivity index (χ0) is 29.8. The molecule has 0 bridgehead atoms. The van der Waals surface area contributed by atoms with Gasteiger partial charge in [-0.3, -0.25) is 0 Å². The van der Waals surface area contributed by atoms with E-state index >= 15 is 0 Å². The molecule has 0 saturated carbocycles. The molecule has 0 unspecified atom stereocenters. The first-order valence-electron chi connectivity index (χ1n) is 14.1. The first-order valence-corrected chi connectivity index (χ1v) is 14.9. The summed E-state index contributed by atoms with van der Waals surface area (Å²) in [6.45, 7) is 0. The van der Waals surface area contributed by atoms with Crippen molar-refractivity contribution in [1.29, 1.82) is 15.8 Å². The molecule has 0 spiro atoms. The molecule has 2 heterocycles. The molecule has 2 aromatic heterocycles. The Balaban J connectivity index is 1.44. The van der Waals surface area contributed by atoms with Gasteiger partial charge in [-0.15, -0.1) is 11.3 Å². The molecule has 0 fully saturated rings. The van der Waals surface area contributed by atoms with Gasteiger partial charge in [0, 0.05) is 36.6 Å². The predicted octanol–water partition coefficient (Wildman–Crippen LogP) is 10.1. The number of aromatic nitrogens is 1. The van der Waals surface area contributed by atoms with E-state index in [2.05, 4.69) is 83.4 Å². The van der Waals surface area contributed by atoms with Crippen LogP contribution >= 0.6 is 11.3 Å². The van der Waals surface area contributed by atoms with Crippen molar-refractivity contribution in [2.24, 2.45) is 0 Å². The minimum Gasteiger partial charge on any atom is -0.309 e. The van der Waals surface area contributed by atoms with Crippen molar-refractivity contribution < 1.29 is 0 Å². The smallest absolute Gasteiger partial charge is 0.0991 e. The number of benzene rings is 6. The average molecular weight is 577 g/mol. The highest BCUT2D eigenvalue weighted by molar-refractivity contribution is 7.25. The van der Waals surface area contributed by atoms with Crippen molar-refractivity contribution >= 4 is 53.3 Å². The van der Waals surface area contributed by atoms with Crippen molar-refractivity contribution in [3.8, 4) is 46.1 Å². The monoisotopic (exact) mass is 576 g/mol. The van der Waals surface area contributed by atoms with Crippen LogP contribution in [0.3, 0.4) is 0 Å². The zero-order valence-corrected chi connectivity index (χ0v) is 24.1. The van der Waals surface area contributed by atoms with Gasteiger partial charge in [-0.05, 0) is 107 Å². The summed E-state index contributed by atoms with van der Waals surface area (Å²) in [7, 11) is 0. The van der Waals surface area contributed by atoms with Crippen LogP contribution in [0.2, 0.25) is 0 Å². The van der Waals surface area contributed by atoms with E-state index in [0.717, 1.165) is 49.7 Å². The van der Waals surface area contributed by atoms with Crippen molar-refractivity contribution in [2.75, 3.05) is 0 Å². The van der Waals surface area contributed by atoms with Gasteiger partial charge >= 0.3 is 0 Å². The second-order valence-corrected chi connectivity index (χ2v) is 11.9. The molecule has 202 valence electrons. The lowest BCUT2D eigenvalue weighted by Crippen LogP contribution is -1.96. The second-order valence-electron chi connectivity index (χ2n) is 10.8. The Morgan fingerprint density at radius 1 is 0.432 bits per heavy atom. The molecule has 4 nitrogen and oxygen atoms in total. The fourth-order valence-electron chi connectivity index (χ4n) is 6.19. The molecule has 0 aliphatic rings. The number of rotatable bonds is 3. The van der Waals surface area contributed by atoms with Gasteiger partial charge in [0.1, 0.15) is 0 Å². The Kier molecular flexibility index (Phi) is 5.78. The summed E-state index contributed by atoms with van der Waals surface area (Å²) < 4.78 is 4.71.